The molecule has 1 aliphatic rings. The Kier molecular flexibility index (Phi) is 3.84. The standard InChI is InChI=1S/C16H16N2O2S/c17-16-7-5-14(18(19)20)8-13(16)10-21-15-6-4-11-2-1-3-12(11)9-15/h4-9H,1-3,10,17H2. The van der Waals surface area contributed by atoms with Crippen LogP contribution in [0, 0.1) is 10.1 Å². The number of thioether (sulfide) groups is 1. The van der Waals surface area contributed by atoms with E-state index in [1.807, 2.05) is 0 Å². The molecule has 2 aromatic rings. The van der Waals surface area contributed by atoms with Crippen LogP contribution in [0.15, 0.2) is 41.3 Å². The molecule has 5 heteroatoms. The Morgan fingerprint density at radius 3 is 2.76 bits per heavy atom. The second-order valence-corrected chi connectivity index (χ2v) is 6.26. The van der Waals surface area contributed by atoms with Crippen LogP contribution in [0.1, 0.15) is 23.1 Å². The van der Waals surface area contributed by atoms with Crippen LogP contribution < -0.4 is 5.73 Å². The molecule has 0 amide bonds. The number of nitro benzene ring substituents is 1. The average Bonchev–Trinajstić information content (AvgIpc) is 2.93. The van der Waals surface area contributed by atoms with Crippen LogP contribution in [0.4, 0.5) is 11.4 Å². The molecule has 0 saturated heterocycles. The van der Waals surface area contributed by atoms with E-state index in [2.05, 4.69) is 18.2 Å². The fraction of sp³-hybridized carbons (Fsp3) is 0.250. The normalized spacial score (nSPS) is 13.1. The van der Waals surface area contributed by atoms with Gasteiger partial charge in [0.15, 0.2) is 0 Å². The highest BCUT2D eigenvalue weighted by Crippen LogP contribution is 2.31. The lowest BCUT2D eigenvalue weighted by Crippen LogP contribution is -1.96. The number of benzene rings is 2. The number of nitrogens with zero attached hydrogens (tertiary/aromatic N) is 1. The summed E-state index contributed by atoms with van der Waals surface area (Å²) in [6.07, 6.45) is 3.57. The van der Waals surface area contributed by atoms with E-state index in [1.165, 1.54) is 34.9 Å². The van der Waals surface area contributed by atoms with Crippen molar-refractivity contribution in [1.82, 2.24) is 0 Å². The van der Waals surface area contributed by atoms with Crippen molar-refractivity contribution in [2.75, 3.05) is 5.73 Å². The predicted molar refractivity (Wildman–Crippen MR) is 85.5 cm³/mol. The molecule has 0 radical (unpaired) electrons. The van der Waals surface area contributed by atoms with Crippen LogP contribution in [-0.2, 0) is 18.6 Å². The van der Waals surface area contributed by atoms with Gasteiger partial charge in [0.05, 0.1) is 4.92 Å². The Morgan fingerprint density at radius 2 is 1.95 bits per heavy atom. The van der Waals surface area contributed by atoms with Crippen LogP contribution in [0.5, 0.6) is 0 Å². The minimum absolute atomic E-state index is 0.0914. The van der Waals surface area contributed by atoms with E-state index in [-0.39, 0.29) is 10.6 Å². The highest BCUT2D eigenvalue weighted by Gasteiger charge is 2.12. The molecule has 0 aromatic heterocycles. The molecule has 2 aromatic carbocycles. The van der Waals surface area contributed by atoms with Gasteiger partial charge in [-0.3, -0.25) is 10.1 Å². The summed E-state index contributed by atoms with van der Waals surface area (Å²) in [5.41, 5.74) is 10.3. The number of nitro groups is 1. The average molecular weight is 300 g/mol. The van der Waals surface area contributed by atoms with Gasteiger partial charge in [-0.25, -0.2) is 0 Å². The van der Waals surface area contributed by atoms with Gasteiger partial charge >= 0.3 is 0 Å². The monoisotopic (exact) mass is 300 g/mol. The van der Waals surface area contributed by atoms with Crippen molar-refractivity contribution in [1.29, 1.82) is 0 Å². The Hall–Kier alpha value is -2.01. The highest BCUT2D eigenvalue weighted by atomic mass is 32.2. The maximum Gasteiger partial charge on any atom is 0.269 e. The number of aryl methyl sites for hydroxylation is 2. The zero-order chi connectivity index (χ0) is 14.8. The molecule has 0 spiro atoms. The second kappa shape index (κ2) is 5.77. The van der Waals surface area contributed by atoms with Gasteiger partial charge in [0, 0.05) is 28.5 Å². The summed E-state index contributed by atoms with van der Waals surface area (Å²) in [5.74, 6) is 0.645. The van der Waals surface area contributed by atoms with E-state index in [9.17, 15) is 10.1 Å². The first kappa shape index (κ1) is 13.9. The molecule has 108 valence electrons. The number of anilines is 1. The fourth-order valence-corrected chi connectivity index (χ4v) is 3.59. The lowest BCUT2D eigenvalue weighted by atomic mass is 10.1. The van der Waals surface area contributed by atoms with Gasteiger partial charge < -0.3 is 5.73 Å². The first-order chi connectivity index (χ1) is 10.1. The third-order valence-electron chi connectivity index (χ3n) is 3.80. The van der Waals surface area contributed by atoms with Crippen molar-refractivity contribution in [3.63, 3.8) is 0 Å². The van der Waals surface area contributed by atoms with Gasteiger partial charge in [-0.1, -0.05) is 6.07 Å². The Bertz CT molecular complexity index is 701. The molecule has 4 nitrogen and oxygen atoms in total. The molecule has 0 bridgehead atoms. The van der Waals surface area contributed by atoms with E-state index >= 15 is 0 Å². The highest BCUT2D eigenvalue weighted by molar-refractivity contribution is 7.98. The van der Waals surface area contributed by atoms with E-state index in [0.717, 1.165) is 12.0 Å². The largest absolute Gasteiger partial charge is 0.398 e. The number of hydrogen-bond donors (Lipinski definition) is 1. The van der Waals surface area contributed by atoms with Crippen LogP contribution in [0.25, 0.3) is 0 Å². The summed E-state index contributed by atoms with van der Waals surface area (Å²) in [6.45, 7) is 0. The molecule has 0 fully saturated rings. The molecule has 1 aliphatic carbocycles. The molecular formula is C16H16N2O2S. The number of nitrogen functional groups attached to an aromatic ring is 1. The van der Waals surface area contributed by atoms with E-state index in [1.54, 1.807) is 23.9 Å². The lowest BCUT2D eigenvalue weighted by molar-refractivity contribution is -0.384. The lowest BCUT2D eigenvalue weighted by Gasteiger charge is -2.07. The zero-order valence-corrected chi connectivity index (χ0v) is 12.4. The quantitative estimate of drug-likeness (QED) is 0.401. The smallest absolute Gasteiger partial charge is 0.269 e. The third-order valence-corrected chi connectivity index (χ3v) is 4.84. The van der Waals surface area contributed by atoms with Gasteiger partial charge in [-0.15, -0.1) is 11.8 Å². The molecule has 21 heavy (non-hydrogen) atoms. The topological polar surface area (TPSA) is 69.2 Å². The van der Waals surface area contributed by atoms with Crippen molar-refractivity contribution in [3.8, 4) is 0 Å². The predicted octanol–water partition coefficient (Wildman–Crippen LogP) is 3.96. The van der Waals surface area contributed by atoms with Gasteiger partial charge in [0.1, 0.15) is 0 Å². The summed E-state index contributed by atoms with van der Waals surface area (Å²) >= 11 is 1.67. The van der Waals surface area contributed by atoms with Crippen molar-refractivity contribution < 1.29 is 4.92 Å². The Morgan fingerprint density at radius 1 is 1.14 bits per heavy atom. The summed E-state index contributed by atoms with van der Waals surface area (Å²) < 4.78 is 0. The molecule has 0 unspecified atom stereocenters. The maximum atomic E-state index is 10.8. The van der Waals surface area contributed by atoms with Gasteiger partial charge in [-0.05, 0) is 54.2 Å². The molecule has 0 aliphatic heterocycles. The van der Waals surface area contributed by atoms with Crippen LogP contribution in [-0.4, -0.2) is 4.92 Å². The number of non-ortho nitro benzene ring substituents is 1. The number of nitrogens with two attached hydrogens (primary N) is 1. The van der Waals surface area contributed by atoms with E-state index in [4.69, 9.17) is 5.73 Å². The minimum Gasteiger partial charge on any atom is -0.398 e. The van der Waals surface area contributed by atoms with Crippen LogP contribution in [0.2, 0.25) is 0 Å². The Balaban J connectivity index is 1.75. The molecular weight excluding hydrogens is 284 g/mol. The first-order valence-corrected chi connectivity index (χ1v) is 7.89. The van der Waals surface area contributed by atoms with E-state index < -0.39 is 0 Å². The summed E-state index contributed by atoms with van der Waals surface area (Å²) in [5, 5.41) is 10.8. The van der Waals surface area contributed by atoms with Crippen molar-refractivity contribution in [2.45, 2.75) is 29.9 Å². The van der Waals surface area contributed by atoms with Gasteiger partial charge in [0.25, 0.3) is 5.69 Å². The SMILES string of the molecule is Nc1ccc([N+](=O)[O-])cc1CSc1ccc2c(c1)CCC2. The number of fused-ring (bicyclic) bond motifs is 1. The van der Waals surface area contributed by atoms with Crippen LogP contribution in [0.3, 0.4) is 0 Å². The molecule has 2 N–H and O–H groups in total. The maximum absolute atomic E-state index is 10.8. The molecule has 0 saturated carbocycles. The summed E-state index contributed by atoms with van der Waals surface area (Å²) in [4.78, 5) is 11.6. The molecule has 0 heterocycles. The third kappa shape index (κ3) is 3.03. The van der Waals surface area contributed by atoms with Gasteiger partial charge in [-0.2, -0.15) is 0 Å². The number of rotatable bonds is 4. The summed E-state index contributed by atoms with van der Waals surface area (Å²) in [7, 11) is 0. The van der Waals surface area contributed by atoms with Crippen molar-refractivity contribution in [2.24, 2.45) is 0 Å². The zero-order valence-electron chi connectivity index (χ0n) is 11.5. The minimum atomic E-state index is -0.386. The Labute approximate surface area is 127 Å². The molecule has 3 rings (SSSR count). The van der Waals surface area contributed by atoms with E-state index in [0.29, 0.717) is 11.4 Å². The first-order valence-electron chi connectivity index (χ1n) is 6.91. The van der Waals surface area contributed by atoms with Gasteiger partial charge in [0.2, 0.25) is 0 Å². The van der Waals surface area contributed by atoms with Crippen molar-refractivity contribution >= 4 is 23.1 Å². The molecule has 0 atom stereocenters. The fourth-order valence-electron chi connectivity index (χ4n) is 2.63. The second-order valence-electron chi connectivity index (χ2n) is 5.21. The van der Waals surface area contributed by atoms with Crippen LogP contribution >= 0.6 is 11.8 Å². The summed E-state index contributed by atoms with van der Waals surface area (Å²) in [6, 6.07) is 11.2. The van der Waals surface area contributed by atoms with Crippen molar-refractivity contribution in [3.05, 3.63) is 63.2 Å². The number of hydrogen-bond acceptors (Lipinski definition) is 4.